The quantitative estimate of drug-likeness (QED) is 0.732. The van der Waals surface area contributed by atoms with E-state index >= 15 is 0 Å². The first-order valence-electron chi connectivity index (χ1n) is 11.3. The highest BCUT2D eigenvalue weighted by molar-refractivity contribution is 5.85. The summed E-state index contributed by atoms with van der Waals surface area (Å²) < 4.78 is 5.70. The number of fused-ring (bicyclic) bond motifs is 1. The van der Waals surface area contributed by atoms with Crippen molar-refractivity contribution < 1.29 is 4.74 Å². The van der Waals surface area contributed by atoms with E-state index in [2.05, 4.69) is 64.1 Å². The van der Waals surface area contributed by atoms with E-state index in [0.717, 1.165) is 39.4 Å². The molecular weight excluding hydrogens is 394 g/mol. The zero-order chi connectivity index (χ0) is 19.5. The molecule has 0 radical (unpaired) electrons. The zero-order valence-corrected chi connectivity index (χ0v) is 18.5. The molecule has 2 N–H and O–H groups in total. The standard InChI is InChI=1S/C25H33N3O.ClH/c1-2-7-25-21(4-1)12-14-28(25)17-20-10-8-19(9-11-20)16-27-23-6-3-5-22(23)24-18-29-15-13-26-24;/h1-2,4,7-11,22-24,26-27H,3,5-6,12-18H2;1H. The van der Waals surface area contributed by atoms with Crippen molar-refractivity contribution in [2.45, 2.75) is 50.9 Å². The Labute approximate surface area is 186 Å². The van der Waals surface area contributed by atoms with Crippen LogP contribution in [0.25, 0.3) is 0 Å². The second-order valence-electron chi connectivity index (χ2n) is 8.83. The molecular formula is C25H34ClN3O. The predicted molar refractivity (Wildman–Crippen MR) is 125 cm³/mol. The van der Waals surface area contributed by atoms with E-state index < -0.39 is 0 Å². The summed E-state index contributed by atoms with van der Waals surface area (Å²) in [4.78, 5) is 2.50. The van der Waals surface area contributed by atoms with Crippen LogP contribution in [0, 0.1) is 5.92 Å². The average Bonchev–Trinajstić information content (AvgIpc) is 3.41. The Morgan fingerprint density at radius 1 is 1.03 bits per heavy atom. The Morgan fingerprint density at radius 3 is 2.70 bits per heavy atom. The van der Waals surface area contributed by atoms with Crippen molar-refractivity contribution in [1.82, 2.24) is 10.6 Å². The van der Waals surface area contributed by atoms with Gasteiger partial charge in [0.1, 0.15) is 0 Å². The zero-order valence-electron chi connectivity index (χ0n) is 17.7. The number of hydrogen-bond acceptors (Lipinski definition) is 4. The van der Waals surface area contributed by atoms with Crippen molar-refractivity contribution in [3.63, 3.8) is 0 Å². The minimum Gasteiger partial charge on any atom is -0.379 e. The number of nitrogens with one attached hydrogen (secondary N) is 2. The van der Waals surface area contributed by atoms with Gasteiger partial charge in [-0.15, -0.1) is 12.4 Å². The molecule has 0 spiro atoms. The summed E-state index contributed by atoms with van der Waals surface area (Å²) in [7, 11) is 0. The topological polar surface area (TPSA) is 36.5 Å². The van der Waals surface area contributed by atoms with E-state index in [1.54, 1.807) is 0 Å². The third-order valence-electron chi connectivity index (χ3n) is 6.98. The fourth-order valence-electron chi connectivity index (χ4n) is 5.39. The normalized spacial score (nSPS) is 25.7. The van der Waals surface area contributed by atoms with Crippen molar-refractivity contribution >= 4 is 18.1 Å². The number of hydrogen-bond donors (Lipinski definition) is 2. The van der Waals surface area contributed by atoms with E-state index in [0.29, 0.717) is 18.0 Å². The minimum atomic E-state index is 0. The molecule has 1 aliphatic carbocycles. The molecule has 162 valence electrons. The summed E-state index contributed by atoms with van der Waals surface area (Å²) in [6, 6.07) is 19.2. The van der Waals surface area contributed by atoms with Gasteiger partial charge in [0.2, 0.25) is 0 Å². The Morgan fingerprint density at radius 2 is 1.87 bits per heavy atom. The highest BCUT2D eigenvalue weighted by Gasteiger charge is 2.34. The molecule has 2 aromatic rings. The van der Waals surface area contributed by atoms with E-state index in [4.69, 9.17) is 4.74 Å². The maximum atomic E-state index is 5.70. The summed E-state index contributed by atoms with van der Waals surface area (Å²) in [5, 5.41) is 7.51. The van der Waals surface area contributed by atoms with Gasteiger partial charge < -0.3 is 20.3 Å². The molecule has 2 heterocycles. The third kappa shape index (κ3) is 4.83. The fourth-order valence-corrected chi connectivity index (χ4v) is 5.39. The summed E-state index contributed by atoms with van der Waals surface area (Å²) in [6.45, 7) is 5.82. The first-order chi connectivity index (χ1) is 14.4. The van der Waals surface area contributed by atoms with E-state index in [9.17, 15) is 0 Å². The number of halogens is 1. The van der Waals surface area contributed by atoms with Gasteiger partial charge in [-0.25, -0.2) is 0 Å². The molecule has 3 aliphatic rings. The molecule has 0 bridgehead atoms. The van der Waals surface area contributed by atoms with E-state index in [1.807, 2.05) is 0 Å². The van der Waals surface area contributed by atoms with Crippen LogP contribution in [0.2, 0.25) is 0 Å². The van der Waals surface area contributed by atoms with Crippen molar-refractivity contribution in [3.8, 4) is 0 Å². The smallest absolute Gasteiger partial charge is 0.0623 e. The van der Waals surface area contributed by atoms with Crippen molar-refractivity contribution in [2.24, 2.45) is 5.92 Å². The molecule has 0 amide bonds. The van der Waals surface area contributed by atoms with Gasteiger partial charge in [0.15, 0.2) is 0 Å². The summed E-state index contributed by atoms with van der Waals surface area (Å²) >= 11 is 0. The molecule has 1 saturated carbocycles. The highest BCUT2D eigenvalue weighted by Crippen LogP contribution is 2.30. The van der Waals surface area contributed by atoms with Crippen LogP contribution in [0.3, 0.4) is 0 Å². The summed E-state index contributed by atoms with van der Waals surface area (Å²) in [5.74, 6) is 0.699. The maximum absolute atomic E-state index is 5.70. The fraction of sp³-hybridized carbons (Fsp3) is 0.520. The van der Waals surface area contributed by atoms with Crippen LogP contribution in [0.15, 0.2) is 48.5 Å². The average molecular weight is 428 g/mol. The van der Waals surface area contributed by atoms with Crippen LogP contribution in [-0.2, 0) is 24.2 Å². The number of morpholine rings is 1. The van der Waals surface area contributed by atoms with Crippen LogP contribution in [0.1, 0.15) is 36.0 Å². The lowest BCUT2D eigenvalue weighted by Gasteiger charge is -2.33. The molecule has 5 heteroatoms. The van der Waals surface area contributed by atoms with Gasteiger partial charge in [-0.2, -0.15) is 0 Å². The lowest BCUT2D eigenvalue weighted by molar-refractivity contribution is 0.0524. The lowest BCUT2D eigenvalue weighted by Crippen LogP contribution is -2.50. The molecule has 1 saturated heterocycles. The number of benzene rings is 2. The predicted octanol–water partition coefficient (Wildman–Crippen LogP) is 3.92. The van der Waals surface area contributed by atoms with Crippen LogP contribution in [0.4, 0.5) is 5.69 Å². The van der Waals surface area contributed by atoms with Gasteiger partial charge in [0, 0.05) is 44.0 Å². The summed E-state index contributed by atoms with van der Waals surface area (Å²) in [5.41, 5.74) is 5.67. The van der Waals surface area contributed by atoms with Gasteiger partial charge in [-0.05, 0) is 47.9 Å². The van der Waals surface area contributed by atoms with Gasteiger partial charge in [0.05, 0.1) is 13.2 Å². The van der Waals surface area contributed by atoms with Gasteiger partial charge >= 0.3 is 0 Å². The van der Waals surface area contributed by atoms with Crippen LogP contribution in [-0.4, -0.2) is 38.4 Å². The van der Waals surface area contributed by atoms with Crippen molar-refractivity contribution in [1.29, 1.82) is 0 Å². The number of ether oxygens (including phenoxy) is 1. The number of para-hydroxylation sites is 1. The Kier molecular flexibility index (Phi) is 7.32. The largest absolute Gasteiger partial charge is 0.379 e. The molecule has 4 nitrogen and oxygen atoms in total. The maximum Gasteiger partial charge on any atom is 0.0623 e. The lowest BCUT2D eigenvalue weighted by atomic mass is 9.94. The molecule has 2 aliphatic heterocycles. The van der Waals surface area contributed by atoms with Gasteiger partial charge in [-0.3, -0.25) is 0 Å². The van der Waals surface area contributed by atoms with Crippen LogP contribution >= 0.6 is 12.4 Å². The van der Waals surface area contributed by atoms with Gasteiger partial charge in [0.25, 0.3) is 0 Å². The SMILES string of the molecule is Cl.c1ccc2c(c1)CCN2Cc1ccc(CNC2CCCC2C2COCCN2)cc1. The molecule has 30 heavy (non-hydrogen) atoms. The molecule has 3 atom stereocenters. The third-order valence-corrected chi connectivity index (χ3v) is 6.98. The molecule has 2 fully saturated rings. The van der Waals surface area contributed by atoms with Crippen molar-refractivity contribution in [2.75, 3.05) is 31.2 Å². The Balaban J connectivity index is 0.00000218. The molecule has 5 rings (SSSR count). The molecule has 2 aromatic carbocycles. The van der Waals surface area contributed by atoms with E-state index in [1.165, 1.54) is 48.1 Å². The highest BCUT2D eigenvalue weighted by atomic mass is 35.5. The monoisotopic (exact) mass is 427 g/mol. The minimum absolute atomic E-state index is 0. The van der Waals surface area contributed by atoms with Crippen molar-refractivity contribution in [3.05, 3.63) is 65.2 Å². The van der Waals surface area contributed by atoms with Crippen LogP contribution in [0.5, 0.6) is 0 Å². The van der Waals surface area contributed by atoms with Gasteiger partial charge in [-0.1, -0.05) is 48.9 Å². The Hall–Kier alpha value is -1.59. The molecule has 0 aromatic heterocycles. The first-order valence-corrected chi connectivity index (χ1v) is 11.3. The molecule has 3 unspecified atom stereocenters. The van der Waals surface area contributed by atoms with Crippen LogP contribution < -0.4 is 15.5 Å². The number of nitrogens with zero attached hydrogens (tertiary/aromatic N) is 1. The summed E-state index contributed by atoms with van der Waals surface area (Å²) in [6.07, 6.45) is 5.10. The van der Waals surface area contributed by atoms with E-state index in [-0.39, 0.29) is 12.4 Å². The first kappa shape index (κ1) is 21.6. The number of rotatable bonds is 6. The second kappa shape index (κ2) is 10.1. The second-order valence-corrected chi connectivity index (χ2v) is 8.83. The number of anilines is 1. The Bertz CT molecular complexity index is 806.